The lowest BCUT2D eigenvalue weighted by atomic mass is 10.0. The van der Waals surface area contributed by atoms with Crippen LogP contribution < -0.4 is 0 Å². The summed E-state index contributed by atoms with van der Waals surface area (Å²) in [7, 11) is 0. The maximum atomic E-state index is 2.31. The fourth-order valence-electron chi connectivity index (χ4n) is 2.45. The molecule has 0 N–H and O–H groups in total. The fourth-order valence-corrected chi connectivity index (χ4v) is 2.45. The van der Waals surface area contributed by atoms with Gasteiger partial charge in [0.15, 0.2) is 0 Å². The molecule has 0 aromatic heterocycles. The monoisotopic (exact) mass is 261 g/mol. The van der Waals surface area contributed by atoms with Crippen LogP contribution in [0.2, 0.25) is 0 Å². The van der Waals surface area contributed by atoms with E-state index in [1.165, 1.54) is 16.7 Å². The summed E-state index contributed by atoms with van der Waals surface area (Å²) in [5.74, 6) is 0. The molecule has 0 saturated carbocycles. The zero-order chi connectivity index (χ0) is 13.6. The number of hydrogen-bond acceptors (Lipinski definition) is 1. The normalized spacial score (nSPS) is 13.7. The summed E-state index contributed by atoms with van der Waals surface area (Å²) >= 11 is 0. The second kappa shape index (κ2) is 6.25. The van der Waals surface area contributed by atoms with Gasteiger partial charge in [0.2, 0.25) is 0 Å². The Bertz CT molecular complexity index is 593. The largest absolute Gasteiger partial charge is 0.369 e. The lowest BCUT2D eigenvalue weighted by Gasteiger charge is -2.20. The Labute approximate surface area is 120 Å². The standard InChI is InChI=1S/C19H19N/c1-3-7-17(8-4-1)15-18-9-11-19(12-10-18)16-20-13-5-2-6-14-20/h1-13H,14-16H2. The van der Waals surface area contributed by atoms with Gasteiger partial charge in [-0.2, -0.15) is 0 Å². The zero-order valence-corrected chi connectivity index (χ0v) is 11.6. The first-order valence-electron chi connectivity index (χ1n) is 7.09. The van der Waals surface area contributed by atoms with Crippen molar-refractivity contribution in [3.8, 4) is 0 Å². The fraction of sp³-hybridized carbons (Fsp3) is 0.158. The Morgan fingerprint density at radius 1 is 0.750 bits per heavy atom. The van der Waals surface area contributed by atoms with Crippen LogP contribution >= 0.6 is 0 Å². The van der Waals surface area contributed by atoms with Gasteiger partial charge in [-0.3, -0.25) is 0 Å². The lowest BCUT2D eigenvalue weighted by Crippen LogP contribution is -2.18. The summed E-state index contributed by atoms with van der Waals surface area (Å²) in [6.07, 6.45) is 9.53. The van der Waals surface area contributed by atoms with Gasteiger partial charge in [0.1, 0.15) is 0 Å². The van der Waals surface area contributed by atoms with E-state index in [2.05, 4.69) is 83.9 Å². The molecule has 0 radical (unpaired) electrons. The van der Waals surface area contributed by atoms with Crippen LogP contribution in [0.1, 0.15) is 16.7 Å². The molecule has 0 fully saturated rings. The average molecular weight is 261 g/mol. The molecule has 3 rings (SSSR count). The van der Waals surface area contributed by atoms with Crippen LogP contribution in [-0.4, -0.2) is 11.4 Å². The highest BCUT2D eigenvalue weighted by Crippen LogP contribution is 2.13. The molecule has 0 amide bonds. The Hall–Kier alpha value is -2.28. The molecular formula is C19H19N. The minimum Gasteiger partial charge on any atom is -0.369 e. The maximum absolute atomic E-state index is 2.31. The van der Waals surface area contributed by atoms with Gasteiger partial charge in [-0.25, -0.2) is 0 Å². The highest BCUT2D eigenvalue weighted by molar-refractivity contribution is 5.29. The third-order valence-corrected chi connectivity index (χ3v) is 3.54. The molecule has 1 aliphatic heterocycles. The summed E-state index contributed by atoms with van der Waals surface area (Å²) in [5, 5.41) is 0. The van der Waals surface area contributed by atoms with Crippen molar-refractivity contribution < 1.29 is 0 Å². The highest BCUT2D eigenvalue weighted by Gasteiger charge is 2.02. The first-order valence-corrected chi connectivity index (χ1v) is 7.09. The van der Waals surface area contributed by atoms with E-state index in [1.54, 1.807) is 0 Å². The van der Waals surface area contributed by atoms with Crippen LogP contribution in [0, 0.1) is 0 Å². The van der Waals surface area contributed by atoms with Gasteiger partial charge in [-0.1, -0.05) is 66.7 Å². The second-order valence-electron chi connectivity index (χ2n) is 5.18. The molecule has 0 unspecified atom stereocenters. The highest BCUT2D eigenvalue weighted by atomic mass is 15.1. The van der Waals surface area contributed by atoms with Gasteiger partial charge < -0.3 is 4.90 Å². The number of hydrogen-bond donors (Lipinski definition) is 0. The third kappa shape index (κ3) is 3.39. The molecule has 1 heteroatoms. The maximum Gasteiger partial charge on any atom is 0.0427 e. The molecule has 1 aliphatic rings. The number of allylic oxidation sites excluding steroid dienone is 2. The predicted molar refractivity (Wildman–Crippen MR) is 84.4 cm³/mol. The number of benzene rings is 2. The molecule has 20 heavy (non-hydrogen) atoms. The molecule has 100 valence electrons. The molecule has 0 atom stereocenters. The Balaban J connectivity index is 1.62. The van der Waals surface area contributed by atoms with E-state index >= 15 is 0 Å². The molecule has 1 heterocycles. The van der Waals surface area contributed by atoms with Gasteiger partial charge in [-0.05, 0) is 35.4 Å². The first-order chi connectivity index (χ1) is 9.90. The van der Waals surface area contributed by atoms with E-state index in [4.69, 9.17) is 0 Å². The molecule has 0 bridgehead atoms. The minimum atomic E-state index is 0.979. The number of nitrogens with zero attached hydrogens (tertiary/aromatic N) is 1. The Kier molecular flexibility index (Phi) is 3.98. The molecule has 1 nitrogen and oxygen atoms in total. The van der Waals surface area contributed by atoms with Crippen LogP contribution in [0.4, 0.5) is 0 Å². The van der Waals surface area contributed by atoms with Crippen molar-refractivity contribution >= 4 is 0 Å². The summed E-state index contributed by atoms with van der Waals surface area (Å²) < 4.78 is 0. The van der Waals surface area contributed by atoms with Gasteiger partial charge in [-0.15, -0.1) is 0 Å². The van der Waals surface area contributed by atoms with Crippen molar-refractivity contribution in [2.45, 2.75) is 13.0 Å². The van der Waals surface area contributed by atoms with E-state index in [9.17, 15) is 0 Å². The van der Waals surface area contributed by atoms with Crippen LogP contribution in [0.25, 0.3) is 0 Å². The zero-order valence-electron chi connectivity index (χ0n) is 11.6. The number of rotatable bonds is 4. The molecule has 2 aromatic carbocycles. The first kappa shape index (κ1) is 12.7. The van der Waals surface area contributed by atoms with Crippen LogP contribution in [0.3, 0.4) is 0 Å². The summed E-state index contributed by atoms with van der Waals surface area (Å²) in [6, 6.07) is 19.6. The van der Waals surface area contributed by atoms with E-state index in [-0.39, 0.29) is 0 Å². The molecule has 0 spiro atoms. The van der Waals surface area contributed by atoms with Crippen molar-refractivity contribution in [2.24, 2.45) is 0 Å². The van der Waals surface area contributed by atoms with Crippen molar-refractivity contribution in [1.82, 2.24) is 4.90 Å². The van der Waals surface area contributed by atoms with Crippen LogP contribution in [-0.2, 0) is 13.0 Å². The Morgan fingerprint density at radius 3 is 2.15 bits per heavy atom. The smallest absolute Gasteiger partial charge is 0.0427 e. The van der Waals surface area contributed by atoms with E-state index in [0.717, 1.165) is 19.5 Å². The van der Waals surface area contributed by atoms with Crippen molar-refractivity contribution in [3.05, 3.63) is 95.7 Å². The van der Waals surface area contributed by atoms with Gasteiger partial charge >= 0.3 is 0 Å². The topological polar surface area (TPSA) is 3.24 Å². The molecule has 0 aliphatic carbocycles. The van der Waals surface area contributed by atoms with E-state index in [1.807, 2.05) is 0 Å². The van der Waals surface area contributed by atoms with Gasteiger partial charge in [0.05, 0.1) is 0 Å². The third-order valence-electron chi connectivity index (χ3n) is 3.54. The molecule has 0 saturated heterocycles. The summed E-state index contributed by atoms with van der Waals surface area (Å²) in [4.78, 5) is 2.31. The van der Waals surface area contributed by atoms with Crippen molar-refractivity contribution in [1.29, 1.82) is 0 Å². The molecular weight excluding hydrogens is 242 g/mol. The quantitative estimate of drug-likeness (QED) is 0.798. The second-order valence-corrected chi connectivity index (χ2v) is 5.18. The average Bonchev–Trinajstić information content (AvgIpc) is 2.51. The lowest BCUT2D eigenvalue weighted by molar-refractivity contribution is 0.405. The van der Waals surface area contributed by atoms with Crippen LogP contribution in [0.15, 0.2) is 79.0 Å². The predicted octanol–water partition coefficient (Wildman–Crippen LogP) is 4.16. The van der Waals surface area contributed by atoms with Gasteiger partial charge in [0, 0.05) is 13.1 Å². The molecule has 2 aromatic rings. The van der Waals surface area contributed by atoms with Crippen molar-refractivity contribution in [3.63, 3.8) is 0 Å². The van der Waals surface area contributed by atoms with Crippen LogP contribution in [0.5, 0.6) is 0 Å². The van der Waals surface area contributed by atoms with E-state index in [0.29, 0.717) is 0 Å². The summed E-state index contributed by atoms with van der Waals surface area (Å²) in [6.45, 7) is 1.98. The minimum absolute atomic E-state index is 0.979. The Morgan fingerprint density at radius 2 is 1.45 bits per heavy atom. The summed E-state index contributed by atoms with van der Waals surface area (Å²) in [5.41, 5.74) is 4.10. The van der Waals surface area contributed by atoms with Crippen molar-refractivity contribution in [2.75, 3.05) is 6.54 Å². The SMILES string of the molecule is C1=CCN(Cc2ccc(Cc3ccccc3)cc2)C=C1. The van der Waals surface area contributed by atoms with Gasteiger partial charge in [0.25, 0.3) is 0 Å². The van der Waals surface area contributed by atoms with E-state index < -0.39 is 0 Å².